The zero-order chi connectivity index (χ0) is 11.5. The molecular weight excluding hydrogens is 208 g/mol. The van der Waals surface area contributed by atoms with Crippen LogP contribution in [0.15, 0.2) is 40.8 Å². The highest BCUT2D eigenvalue weighted by Gasteiger charge is 2.09. The number of furan rings is 1. The number of rotatable bonds is 3. The summed E-state index contributed by atoms with van der Waals surface area (Å²) in [6.45, 7) is 0. The molecule has 82 valence electrons. The second-order valence-corrected chi connectivity index (χ2v) is 3.15. The van der Waals surface area contributed by atoms with Crippen molar-refractivity contribution in [3.63, 3.8) is 0 Å². The maximum atomic E-state index is 10.6. The van der Waals surface area contributed by atoms with Crippen LogP contribution in [0.2, 0.25) is 0 Å². The van der Waals surface area contributed by atoms with E-state index >= 15 is 0 Å². The molecule has 1 aromatic carbocycles. The van der Waals surface area contributed by atoms with Gasteiger partial charge in [-0.1, -0.05) is 12.1 Å². The summed E-state index contributed by atoms with van der Waals surface area (Å²) < 4.78 is 10.3. The molecule has 2 rings (SSSR count). The van der Waals surface area contributed by atoms with Crippen LogP contribution >= 0.6 is 0 Å². The predicted molar refractivity (Wildman–Crippen MR) is 55.0 cm³/mol. The number of aromatic carboxylic acids is 1. The highest BCUT2D eigenvalue weighted by molar-refractivity contribution is 5.83. The Bertz CT molecular complexity index is 513. The Kier molecular flexibility index (Phi) is 2.64. The van der Waals surface area contributed by atoms with Crippen LogP contribution in [0.3, 0.4) is 0 Å². The zero-order valence-corrected chi connectivity index (χ0v) is 8.60. The maximum Gasteiger partial charge on any atom is 0.150 e. The average Bonchev–Trinajstić information content (AvgIpc) is 2.78. The lowest BCUT2D eigenvalue weighted by molar-refractivity contribution is -0.257. The first-order valence-corrected chi connectivity index (χ1v) is 4.67. The van der Waals surface area contributed by atoms with E-state index in [1.807, 2.05) is 12.1 Å². The lowest BCUT2D eigenvalue weighted by atomic mass is 10.1. The number of benzene rings is 1. The Hall–Kier alpha value is -2.23. The number of methoxy groups -OCH3 is 1. The van der Waals surface area contributed by atoms with Crippen molar-refractivity contribution in [1.29, 1.82) is 0 Å². The molecule has 1 aromatic heterocycles. The molecule has 1 heterocycles. The van der Waals surface area contributed by atoms with E-state index in [9.17, 15) is 9.90 Å². The Morgan fingerprint density at radius 2 is 2.00 bits per heavy atom. The molecule has 0 amide bonds. The number of carbonyl (C=O) groups is 1. The van der Waals surface area contributed by atoms with Gasteiger partial charge in [-0.2, -0.15) is 0 Å². The van der Waals surface area contributed by atoms with E-state index in [4.69, 9.17) is 9.15 Å². The lowest BCUT2D eigenvalue weighted by Gasteiger charge is -2.05. The Balaban J connectivity index is 2.46. The fourth-order valence-corrected chi connectivity index (χ4v) is 1.44. The van der Waals surface area contributed by atoms with E-state index in [0.29, 0.717) is 17.1 Å². The van der Waals surface area contributed by atoms with Gasteiger partial charge in [-0.15, -0.1) is 0 Å². The SMILES string of the molecule is COc1ccccc1-c1ccc(C(=O)[O-])o1. The van der Waals surface area contributed by atoms with Crippen LogP contribution in [0.25, 0.3) is 11.3 Å². The number of ether oxygens (including phenoxy) is 1. The molecule has 0 bridgehead atoms. The molecule has 0 aliphatic heterocycles. The Morgan fingerprint density at radius 3 is 2.62 bits per heavy atom. The van der Waals surface area contributed by atoms with Gasteiger partial charge in [0, 0.05) is 0 Å². The minimum absolute atomic E-state index is 0.194. The van der Waals surface area contributed by atoms with Gasteiger partial charge in [0.15, 0.2) is 0 Å². The van der Waals surface area contributed by atoms with E-state index < -0.39 is 5.97 Å². The second kappa shape index (κ2) is 4.10. The van der Waals surface area contributed by atoms with Crippen molar-refractivity contribution in [3.8, 4) is 17.1 Å². The molecule has 0 saturated carbocycles. The molecule has 0 aliphatic carbocycles. The molecule has 0 saturated heterocycles. The summed E-state index contributed by atoms with van der Waals surface area (Å²) in [6, 6.07) is 10.1. The number of carboxylic acid groups (broad SMARTS) is 1. The summed E-state index contributed by atoms with van der Waals surface area (Å²) in [5.74, 6) is -0.458. The smallest absolute Gasteiger partial charge is 0.150 e. The highest BCUT2D eigenvalue weighted by Crippen LogP contribution is 2.30. The van der Waals surface area contributed by atoms with Crippen LogP contribution in [-0.2, 0) is 0 Å². The van der Waals surface area contributed by atoms with Crippen LogP contribution in [0.1, 0.15) is 10.6 Å². The largest absolute Gasteiger partial charge is 0.542 e. The third-order valence-electron chi connectivity index (χ3n) is 2.18. The summed E-state index contributed by atoms with van der Waals surface area (Å²) >= 11 is 0. The number of para-hydroxylation sites is 1. The predicted octanol–water partition coefficient (Wildman–Crippen LogP) is 1.32. The molecule has 0 fully saturated rings. The first-order valence-electron chi connectivity index (χ1n) is 4.67. The molecular formula is C12H9O4-. The lowest BCUT2D eigenvalue weighted by Crippen LogP contribution is -2.21. The van der Waals surface area contributed by atoms with E-state index in [1.165, 1.54) is 6.07 Å². The normalized spacial score (nSPS) is 10.1. The quantitative estimate of drug-likeness (QED) is 0.777. The van der Waals surface area contributed by atoms with Crippen molar-refractivity contribution >= 4 is 5.97 Å². The van der Waals surface area contributed by atoms with Crippen molar-refractivity contribution in [3.05, 3.63) is 42.2 Å². The fraction of sp³-hybridized carbons (Fsp3) is 0.0833. The van der Waals surface area contributed by atoms with Crippen LogP contribution in [0.5, 0.6) is 5.75 Å². The average molecular weight is 217 g/mol. The van der Waals surface area contributed by atoms with Crippen LogP contribution in [0, 0.1) is 0 Å². The standard InChI is InChI=1S/C12H10O4/c1-15-9-5-3-2-4-8(9)10-6-7-11(16-10)12(13)14/h2-7H,1H3,(H,13,14)/p-1. The molecule has 4 nitrogen and oxygen atoms in total. The monoisotopic (exact) mass is 217 g/mol. The third-order valence-corrected chi connectivity index (χ3v) is 2.18. The third kappa shape index (κ3) is 1.77. The summed E-state index contributed by atoms with van der Waals surface area (Å²) in [5, 5.41) is 10.6. The first kappa shape index (κ1) is 10.3. The minimum Gasteiger partial charge on any atom is -0.542 e. The van der Waals surface area contributed by atoms with Crippen LogP contribution in [-0.4, -0.2) is 13.1 Å². The van der Waals surface area contributed by atoms with Gasteiger partial charge in [-0.25, -0.2) is 0 Å². The van der Waals surface area contributed by atoms with Gasteiger partial charge >= 0.3 is 0 Å². The van der Waals surface area contributed by atoms with Crippen molar-refractivity contribution in [2.24, 2.45) is 0 Å². The van der Waals surface area contributed by atoms with Gasteiger partial charge in [0.1, 0.15) is 23.2 Å². The fourth-order valence-electron chi connectivity index (χ4n) is 1.44. The van der Waals surface area contributed by atoms with Gasteiger partial charge in [0.2, 0.25) is 0 Å². The number of hydrogen-bond donors (Lipinski definition) is 0. The molecule has 4 heteroatoms. The topological polar surface area (TPSA) is 62.5 Å². The van der Waals surface area contributed by atoms with Gasteiger partial charge in [-0.3, -0.25) is 0 Å². The Morgan fingerprint density at radius 1 is 1.25 bits per heavy atom. The van der Waals surface area contributed by atoms with Crippen LogP contribution < -0.4 is 9.84 Å². The van der Waals surface area contributed by atoms with Gasteiger partial charge in [0.25, 0.3) is 0 Å². The summed E-state index contributed by atoms with van der Waals surface area (Å²) in [5.41, 5.74) is 0.706. The van der Waals surface area contributed by atoms with Gasteiger partial charge < -0.3 is 19.1 Å². The second-order valence-electron chi connectivity index (χ2n) is 3.15. The molecule has 0 spiro atoms. The van der Waals surface area contributed by atoms with Gasteiger partial charge in [0.05, 0.1) is 12.7 Å². The Labute approximate surface area is 92.1 Å². The van der Waals surface area contributed by atoms with Crippen molar-refractivity contribution in [1.82, 2.24) is 0 Å². The van der Waals surface area contributed by atoms with Crippen molar-refractivity contribution < 1.29 is 19.1 Å². The molecule has 0 aliphatic rings. The first-order chi connectivity index (χ1) is 7.72. The van der Waals surface area contributed by atoms with Crippen LogP contribution in [0.4, 0.5) is 0 Å². The summed E-state index contributed by atoms with van der Waals surface area (Å²) in [7, 11) is 1.54. The minimum atomic E-state index is -1.33. The van der Waals surface area contributed by atoms with Crippen molar-refractivity contribution in [2.75, 3.05) is 7.11 Å². The van der Waals surface area contributed by atoms with E-state index in [-0.39, 0.29) is 5.76 Å². The number of carbonyl (C=O) groups excluding carboxylic acids is 1. The molecule has 2 aromatic rings. The van der Waals surface area contributed by atoms with E-state index in [2.05, 4.69) is 0 Å². The molecule has 16 heavy (non-hydrogen) atoms. The molecule has 0 radical (unpaired) electrons. The number of hydrogen-bond acceptors (Lipinski definition) is 4. The molecule has 0 unspecified atom stereocenters. The summed E-state index contributed by atoms with van der Waals surface area (Å²) in [6.07, 6.45) is 0. The number of carboxylic acids is 1. The zero-order valence-electron chi connectivity index (χ0n) is 8.60. The molecule has 0 N–H and O–H groups in total. The van der Waals surface area contributed by atoms with Gasteiger partial charge in [-0.05, 0) is 24.3 Å². The highest BCUT2D eigenvalue weighted by atomic mass is 16.5. The molecule has 0 atom stereocenters. The van der Waals surface area contributed by atoms with E-state index in [1.54, 1.807) is 25.3 Å². The maximum absolute atomic E-state index is 10.6. The summed E-state index contributed by atoms with van der Waals surface area (Å²) in [4.78, 5) is 10.6. The van der Waals surface area contributed by atoms with E-state index in [0.717, 1.165) is 0 Å². The van der Waals surface area contributed by atoms with Crippen molar-refractivity contribution in [2.45, 2.75) is 0 Å².